The van der Waals surface area contributed by atoms with E-state index in [-0.39, 0.29) is 30.3 Å². The number of aliphatic hydroxyl groups is 5. The molecule has 6 atom stereocenters. The second kappa shape index (κ2) is 13.8. The van der Waals surface area contributed by atoms with Crippen LogP contribution in [-0.4, -0.2) is 97.2 Å². The van der Waals surface area contributed by atoms with Crippen molar-refractivity contribution in [2.75, 3.05) is 25.1 Å². The zero-order valence-electron chi connectivity index (χ0n) is 15.1. The SMILES string of the molecule is CC[PH+](CC)CC.O=C(O)[C@@]1([S-])C[C@@H](O)[C@@H](O)C([C@H](O)[C@H](O)CO)O1.[Au+]. The summed E-state index contributed by atoms with van der Waals surface area (Å²) in [6, 6.07) is 0. The van der Waals surface area contributed by atoms with Gasteiger partial charge in [-0.15, -0.1) is 0 Å². The first kappa shape index (κ1) is 29.0. The van der Waals surface area contributed by atoms with E-state index in [1.165, 1.54) is 18.5 Å². The van der Waals surface area contributed by atoms with Gasteiger partial charge in [0.25, 0.3) is 0 Å². The third-order valence-electron chi connectivity index (χ3n) is 4.28. The van der Waals surface area contributed by atoms with Crippen LogP contribution in [0.5, 0.6) is 0 Å². The third-order valence-corrected chi connectivity index (χ3v) is 7.72. The molecule has 1 aliphatic rings. The van der Waals surface area contributed by atoms with E-state index in [4.69, 9.17) is 14.9 Å². The van der Waals surface area contributed by atoms with Gasteiger partial charge in [-0.2, -0.15) is 0 Å². The van der Waals surface area contributed by atoms with Crippen LogP contribution < -0.4 is 0 Å². The van der Waals surface area contributed by atoms with Crippen molar-refractivity contribution in [3.63, 3.8) is 0 Å². The minimum Gasteiger partial charge on any atom is -0.746 e. The Morgan fingerprint density at radius 3 is 2.00 bits per heavy atom. The van der Waals surface area contributed by atoms with E-state index >= 15 is 0 Å². The molecule has 6 N–H and O–H groups in total. The zero-order chi connectivity index (χ0) is 19.8. The standard InChI is InChI=1S/C9H16O8S.C6H15P.Au/c10-2-4(12)6(14)7-5(13)3(11)1-9(18,17-7)8(15)16;1-4-7(5-2)6-3;/h3-7,10-14,18H,1-2H2,(H,15,16);4-6H2,1-3H3;/q;;+1/t3-,4-,5-,6-,7?,9+;;/m1../s1. The summed E-state index contributed by atoms with van der Waals surface area (Å²) in [5.41, 5.74) is 0. The number of ether oxygens (including phenoxy) is 1. The van der Waals surface area contributed by atoms with Crippen LogP contribution in [0.4, 0.5) is 0 Å². The summed E-state index contributed by atoms with van der Waals surface area (Å²) in [5.74, 6) is -1.54. The van der Waals surface area contributed by atoms with E-state index in [0.717, 1.165) is 0 Å². The largest absolute Gasteiger partial charge is 1.00 e. The Hall–Kier alpha value is 0.750. The Labute approximate surface area is 176 Å². The quantitative estimate of drug-likeness (QED) is 0.121. The molecule has 0 bridgehead atoms. The van der Waals surface area contributed by atoms with Crippen molar-refractivity contribution in [2.45, 2.75) is 62.6 Å². The van der Waals surface area contributed by atoms with Gasteiger partial charge in [-0.1, -0.05) is 0 Å². The summed E-state index contributed by atoms with van der Waals surface area (Å²) in [6.07, 6.45) is -4.33. The van der Waals surface area contributed by atoms with Crippen molar-refractivity contribution < 1.29 is 62.6 Å². The molecule has 0 saturated carbocycles. The van der Waals surface area contributed by atoms with E-state index in [1.54, 1.807) is 0 Å². The van der Waals surface area contributed by atoms with Crippen LogP contribution in [0.2, 0.25) is 0 Å². The summed E-state index contributed by atoms with van der Waals surface area (Å²) < 4.78 is 4.89. The predicted octanol–water partition coefficient (Wildman–Crippen LogP) is -1.20. The van der Waals surface area contributed by atoms with Crippen LogP contribution in [-0.2, 0) is 44.5 Å². The summed E-state index contributed by atoms with van der Waals surface area (Å²) in [6.45, 7) is 6.10. The average Bonchev–Trinajstić information content (AvgIpc) is 2.58. The van der Waals surface area contributed by atoms with Gasteiger partial charge in [0.1, 0.15) is 24.4 Å². The molecule has 1 fully saturated rings. The molecule has 0 aromatic heterocycles. The van der Waals surface area contributed by atoms with Gasteiger partial charge >= 0.3 is 28.3 Å². The number of aliphatic hydroxyl groups excluding tert-OH is 5. The Kier molecular flexibility index (Phi) is 15.4. The molecule has 1 heterocycles. The fraction of sp³-hybridized carbons (Fsp3) is 0.933. The molecule has 0 amide bonds. The first-order valence-electron chi connectivity index (χ1n) is 8.36. The van der Waals surface area contributed by atoms with Crippen molar-refractivity contribution in [3.8, 4) is 0 Å². The van der Waals surface area contributed by atoms with E-state index in [2.05, 4.69) is 33.4 Å². The fourth-order valence-electron chi connectivity index (χ4n) is 2.44. The number of carbonyl (C=O) groups is 1. The molecule has 1 aliphatic heterocycles. The van der Waals surface area contributed by atoms with Gasteiger partial charge in [0.2, 0.25) is 0 Å². The first-order chi connectivity index (χ1) is 11.6. The summed E-state index contributed by atoms with van der Waals surface area (Å²) in [5, 5.41) is 55.5. The Morgan fingerprint density at radius 2 is 1.69 bits per heavy atom. The van der Waals surface area contributed by atoms with E-state index in [0.29, 0.717) is 0 Å². The van der Waals surface area contributed by atoms with Crippen LogP contribution in [0.1, 0.15) is 27.2 Å². The average molecular weight is 599 g/mol. The number of hydrogen-bond donors (Lipinski definition) is 6. The molecule has 160 valence electrons. The maximum absolute atomic E-state index is 10.9. The molecule has 11 heteroatoms. The van der Waals surface area contributed by atoms with Crippen LogP contribution in [0.3, 0.4) is 0 Å². The van der Waals surface area contributed by atoms with Gasteiger partial charge in [0.15, 0.2) is 0 Å². The summed E-state index contributed by atoms with van der Waals surface area (Å²) in [7, 11) is 0.137. The molecule has 1 saturated heterocycles. The maximum Gasteiger partial charge on any atom is 1.00 e. The van der Waals surface area contributed by atoms with Gasteiger partial charge in [0, 0.05) is 0 Å². The van der Waals surface area contributed by atoms with Crippen LogP contribution >= 0.6 is 7.92 Å². The van der Waals surface area contributed by atoms with Crippen LogP contribution in [0.15, 0.2) is 0 Å². The zero-order valence-corrected chi connectivity index (χ0v) is 19.1. The van der Waals surface area contributed by atoms with Gasteiger partial charge in [0.05, 0.1) is 36.1 Å². The van der Waals surface area contributed by atoms with Crippen molar-refractivity contribution in [3.05, 3.63) is 0 Å². The Bertz CT molecular complexity index is 398. The van der Waals surface area contributed by atoms with Crippen LogP contribution in [0, 0.1) is 0 Å². The van der Waals surface area contributed by atoms with Gasteiger partial charge < -0.3 is 48.0 Å². The first-order valence-corrected chi connectivity index (χ1v) is 10.9. The molecule has 1 rings (SSSR count). The van der Waals surface area contributed by atoms with Crippen molar-refractivity contribution >= 4 is 26.5 Å². The molecular weight excluding hydrogens is 568 g/mol. The maximum atomic E-state index is 10.9. The second-order valence-electron chi connectivity index (χ2n) is 5.95. The van der Waals surface area contributed by atoms with E-state index in [1.807, 2.05) is 0 Å². The fourth-order valence-corrected chi connectivity index (χ4v) is 4.22. The minimum atomic E-state index is -2.19. The second-order valence-corrected chi connectivity index (χ2v) is 10.2. The van der Waals surface area contributed by atoms with Crippen LogP contribution in [0.25, 0.3) is 0 Å². The van der Waals surface area contributed by atoms with Crippen molar-refractivity contribution in [1.29, 1.82) is 0 Å². The number of carboxylic acid groups (broad SMARTS) is 1. The van der Waals surface area contributed by atoms with Gasteiger partial charge in [-0.25, -0.2) is 0 Å². The normalized spacial score (nSPS) is 30.6. The molecule has 8 nitrogen and oxygen atoms in total. The molecule has 0 spiro atoms. The number of carboxylic acids is 1. The topological polar surface area (TPSA) is 148 Å². The number of rotatable bonds is 7. The van der Waals surface area contributed by atoms with Gasteiger partial charge in [-0.05, 0) is 35.1 Å². The molecule has 0 aromatic rings. The number of aliphatic carboxylic acids is 1. The van der Waals surface area contributed by atoms with E-state index < -0.39 is 54.4 Å². The molecule has 0 aliphatic carbocycles. The molecule has 0 radical (unpaired) electrons. The summed E-state index contributed by atoms with van der Waals surface area (Å²) >= 11 is 4.68. The monoisotopic (exact) mass is 599 g/mol. The third kappa shape index (κ3) is 8.41. The van der Waals surface area contributed by atoms with Crippen molar-refractivity contribution in [2.24, 2.45) is 0 Å². The number of hydrogen-bond acceptors (Lipinski definition) is 8. The smallest absolute Gasteiger partial charge is 0.746 e. The van der Waals surface area contributed by atoms with E-state index in [9.17, 15) is 25.2 Å². The Morgan fingerprint density at radius 1 is 1.23 bits per heavy atom. The van der Waals surface area contributed by atoms with Crippen molar-refractivity contribution in [1.82, 2.24) is 0 Å². The Balaban J connectivity index is 0. The molecule has 1 unspecified atom stereocenters. The molecular formula is C15H31AuO8PS+. The molecule has 26 heavy (non-hydrogen) atoms. The van der Waals surface area contributed by atoms with Gasteiger partial charge in [-0.3, -0.25) is 4.79 Å². The molecule has 0 aromatic carbocycles. The predicted molar refractivity (Wildman–Crippen MR) is 98.3 cm³/mol. The minimum absolute atomic E-state index is 0. The summed E-state index contributed by atoms with van der Waals surface area (Å²) in [4.78, 5) is 8.73.